The number of rotatable bonds is 5. The summed E-state index contributed by atoms with van der Waals surface area (Å²) in [6, 6.07) is 9.40. The van der Waals surface area contributed by atoms with Crippen LogP contribution in [0.3, 0.4) is 0 Å². The lowest BCUT2D eigenvalue weighted by atomic mass is 10.1. The fraction of sp³-hybridized carbons (Fsp3) is 0.286. The number of aromatic nitrogens is 2. The predicted molar refractivity (Wildman–Crippen MR) is 86.0 cm³/mol. The lowest BCUT2D eigenvalue weighted by Crippen LogP contribution is -2.34. The van der Waals surface area contributed by atoms with Gasteiger partial charge in [0.25, 0.3) is 0 Å². The average molecular weight is 332 g/mol. The molecule has 0 aliphatic heterocycles. The number of halogens is 2. The van der Waals surface area contributed by atoms with E-state index in [1.165, 1.54) is 12.7 Å². The van der Waals surface area contributed by atoms with Crippen LogP contribution in [0, 0.1) is 0 Å². The van der Waals surface area contributed by atoms with Crippen molar-refractivity contribution in [1.29, 1.82) is 0 Å². The number of hydrogen-bond donors (Lipinski definition) is 1. The molecule has 1 aromatic heterocycles. The molecular weight excluding hydrogens is 313 g/mol. The van der Waals surface area contributed by atoms with Gasteiger partial charge in [-0.25, -0.2) is 4.98 Å². The van der Waals surface area contributed by atoms with Gasteiger partial charge in [0, 0.05) is 24.9 Å². The molecule has 0 fully saturated rings. The molecule has 0 radical (unpaired) electrons. The molecule has 1 atom stereocenters. The van der Waals surface area contributed by atoms with E-state index in [1.807, 2.05) is 34.9 Å². The first-order chi connectivity index (χ1) is 9.20. The number of benzene rings is 1. The number of methoxy groups -OCH3 is 1. The van der Waals surface area contributed by atoms with Crippen molar-refractivity contribution in [3.63, 3.8) is 0 Å². The first-order valence-electron chi connectivity index (χ1n) is 6.07. The largest absolute Gasteiger partial charge is 0.468 e. The van der Waals surface area contributed by atoms with Crippen LogP contribution in [0.25, 0.3) is 0 Å². The molecule has 1 unspecified atom stereocenters. The first-order valence-corrected chi connectivity index (χ1v) is 6.07. The van der Waals surface area contributed by atoms with Crippen molar-refractivity contribution in [2.24, 2.45) is 5.73 Å². The summed E-state index contributed by atoms with van der Waals surface area (Å²) in [5.74, 6) is -0.410. The Morgan fingerprint density at radius 1 is 1.33 bits per heavy atom. The van der Waals surface area contributed by atoms with Gasteiger partial charge in [0.05, 0.1) is 13.4 Å². The molecule has 0 amide bonds. The molecule has 2 aromatic rings. The molecule has 7 heteroatoms. The molecule has 116 valence electrons. The Labute approximate surface area is 136 Å². The summed E-state index contributed by atoms with van der Waals surface area (Å²) in [6.45, 7) is 0.712. The van der Waals surface area contributed by atoms with Gasteiger partial charge in [0.2, 0.25) is 0 Å². The lowest BCUT2D eigenvalue weighted by molar-refractivity contribution is -0.142. The van der Waals surface area contributed by atoms with Crippen LogP contribution in [-0.4, -0.2) is 28.7 Å². The molecule has 0 saturated heterocycles. The summed E-state index contributed by atoms with van der Waals surface area (Å²) in [7, 11) is 1.34. The molecule has 0 aliphatic rings. The van der Waals surface area contributed by atoms with Gasteiger partial charge in [-0.2, -0.15) is 0 Å². The molecule has 1 heterocycles. The summed E-state index contributed by atoms with van der Waals surface area (Å²) < 4.78 is 6.61. The zero-order valence-corrected chi connectivity index (χ0v) is 13.3. The molecule has 2 rings (SSSR count). The SMILES string of the molecule is COC(=O)C(N)Cc1cncn1Cc1ccccc1.Cl.Cl. The molecule has 2 N–H and O–H groups in total. The highest BCUT2D eigenvalue weighted by molar-refractivity contribution is 5.85. The van der Waals surface area contributed by atoms with E-state index in [0.29, 0.717) is 13.0 Å². The lowest BCUT2D eigenvalue weighted by Gasteiger charge is -2.11. The standard InChI is InChI=1S/C14H17N3O2.2ClH/c1-19-14(18)13(15)7-12-8-16-10-17(12)9-11-5-3-2-4-6-11;;/h2-6,8,10,13H,7,9,15H2,1H3;2*1H. The normalized spacial score (nSPS) is 11.0. The number of nitrogens with two attached hydrogens (primary N) is 1. The highest BCUT2D eigenvalue weighted by Gasteiger charge is 2.16. The summed E-state index contributed by atoms with van der Waals surface area (Å²) in [5.41, 5.74) is 7.86. The van der Waals surface area contributed by atoms with Gasteiger partial charge < -0.3 is 15.0 Å². The van der Waals surface area contributed by atoms with E-state index >= 15 is 0 Å². The minimum atomic E-state index is -0.656. The summed E-state index contributed by atoms with van der Waals surface area (Å²) in [4.78, 5) is 15.4. The van der Waals surface area contributed by atoms with Gasteiger partial charge in [-0.05, 0) is 5.56 Å². The molecule has 0 bridgehead atoms. The Balaban J connectivity index is 0.00000200. The van der Waals surface area contributed by atoms with Crippen molar-refractivity contribution in [2.75, 3.05) is 7.11 Å². The van der Waals surface area contributed by atoms with Crippen LogP contribution >= 0.6 is 24.8 Å². The smallest absolute Gasteiger partial charge is 0.323 e. The number of carbonyl (C=O) groups excluding carboxylic acids is 1. The van der Waals surface area contributed by atoms with E-state index in [1.54, 1.807) is 12.5 Å². The van der Waals surface area contributed by atoms with E-state index in [4.69, 9.17) is 5.73 Å². The second-order valence-corrected chi connectivity index (χ2v) is 4.33. The molecule has 0 aliphatic carbocycles. The molecule has 5 nitrogen and oxygen atoms in total. The van der Waals surface area contributed by atoms with E-state index in [2.05, 4.69) is 9.72 Å². The second kappa shape index (κ2) is 9.39. The third kappa shape index (κ3) is 5.38. The van der Waals surface area contributed by atoms with Crippen LogP contribution in [0.2, 0.25) is 0 Å². The van der Waals surface area contributed by atoms with Crippen molar-refractivity contribution in [2.45, 2.75) is 19.0 Å². The maximum atomic E-state index is 11.3. The van der Waals surface area contributed by atoms with Crippen LogP contribution in [0.1, 0.15) is 11.3 Å². The Hall–Kier alpha value is -1.56. The summed E-state index contributed by atoms with van der Waals surface area (Å²) in [6.07, 6.45) is 3.89. The fourth-order valence-corrected chi connectivity index (χ4v) is 1.90. The maximum absolute atomic E-state index is 11.3. The van der Waals surface area contributed by atoms with Crippen molar-refractivity contribution in [3.8, 4) is 0 Å². The van der Waals surface area contributed by atoms with Crippen LogP contribution in [0.15, 0.2) is 42.9 Å². The van der Waals surface area contributed by atoms with E-state index in [9.17, 15) is 4.79 Å². The zero-order valence-electron chi connectivity index (χ0n) is 11.6. The van der Waals surface area contributed by atoms with E-state index in [0.717, 1.165) is 5.69 Å². The molecule has 0 spiro atoms. The number of imidazole rings is 1. The van der Waals surface area contributed by atoms with E-state index < -0.39 is 12.0 Å². The van der Waals surface area contributed by atoms with Gasteiger partial charge in [-0.15, -0.1) is 24.8 Å². The molecule has 1 aromatic carbocycles. The Bertz CT molecular complexity index is 546. The van der Waals surface area contributed by atoms with Gasteiger partial charge >= 0.3 is 5.97 Å². The Morgan fingerprint density at radius 2 is 2.00 bits per heavy atom. The minimum Gasteiger partial charge on any atom is -0.468 e. The summed E-state index contributed by atoms with van der Waals surface area (Å²) in [5, 5.41) is 0. The average Bonchev–Trinajstić information content (AvgIpc) is 2.86. The minimum absolute atomic E-state index is 0. The highest BCUT2D eigenvalue weighted by Crippen LogP contribution is 2.08. The van der Waals surface area contributed by atoms with Crippen LogP contribution in [0.4, 0.5) is 0 Å². The van der Waals surface area contributed by atoms with Crippen LogP contribution < -0.4 is 5.73 Å². The van der Waals surface area contributed by atoms with Crippen molar-refractivity contribution in [3.05, 3.63) is 54.1 Å². The number of carbonyl (C=O) groups is 1. The number of hydrogen-bond acceptors (Lipinski definition) is 4. The number of esters is 1. The third-order valence-corrected chi connectivity index (χ3v) is 2.93. The summed E-state index contributed by atoms with van der Waals surface area (Å²) >= 11 is 0. The van der Waals surface area contributed by atoms with Gasteiger partial charge in [0.1, 0.15) is 6.04 Å². The highest BCUT2D eigenvalue weighted by atomic mass is 35.5. The first kappa shape index (κ1) is 19.4. The fourth-order valence-electron chi connectivity index (χ4n) is 1.90. The van der Waals surface area contributed by atoms with Crippen molar-refractivity contribution < 1.29 is 9.53 Å². The topological polar surface area (TPSA) is 70.1 Å². The zero-order chi connectivity index (χ0) is 13.7. The van der Waals surface area contributed by atoms with Crippen molar-refractivity contribution >= 4 is 30.8 Å². The monoisotopic (exact) mass is 331 g/mol. The van der Waals surface area contributed by atoms with Crippen LogP contribution in [0.5, 0.6) is 0 Å². The molecular formula is C14H19Cl2N3O2. The molecule has 0 saturated carbocycles. The predicted octanol–water partition coefficient (Wildman–Crippen LogP) is 1.82. The van der Waals surface area contributed by atoms with Crippen molar-refractivity contribution in [1.82, 2.24) is 9.55 Å². The molecule has 21 heavy (non-hydrogen) atoms. The maximum Gasteiger partial charge on any atom is 0.323 e. The number of ether oxygens (including phenoxy) is 1. The Morgan fingerprint density at radius 3 is 2.62 bits per heavy atom. The Kier molecular flexibility index (Phi) is 8.69. The van der Waals surface area contributed by atoms with Gasteiger partial charge in [-0.3, -0.25) is 4.79 Å². The third-order valence-electron chi connectivity index (χ3n) is 2.93. The number of nitrogens with zero attached hydrogens (tertiary/aromatic N) is 2. The second-order valence-electron chi connectivity index (χ2n) is 4.33. The van der Waals surface area contributed by atoms with Crippen LogP contribution in [-0.2, 0) is 22.5 Å². The quantitative estimate of drug-likeness (QED) is 0.848. The van der Waals surface area contributed by atoms with E-state index in [-0.39, 0.29) is 24.8 Å². The van der Waals surface area contributed by atoms with Gasteiger partial charge in [0.15, 0.2) is 0 Å². The van der Waals surface area contributed by atoms with Gasteiger partial charge in [-0.1, -0.05) is 30.3 Å².